The largest absolute Gasteiger partial charge is 0.481 e. The van der Waals surface area contributed by atoms with E-state index in [9.17, 15) is 4.79 Å². The number of allylic oxidation sites excluding steroid dienone is 3. The molecule has 2 rings (SSSR count). The molecule has 1 N–H and O–H groups in total. The molecule has 30 heavy (non-hydrogen) atoms. The van der Waals surface area contributed by atoms with Gasteiger partial charge >= 0.3 is 5.97 Å². The van der Waals surface area contributed by atoms with Crippen LogP contribution >= 0.6 is 0 Å². The van der Waals surface area contributed by atoms with Gasteiger partial charge in [0, 0.05) is 6.42 Å². The highest BCUT2D eigenvalue weighted by Crippen LogP contribution is 2.42. The third-order valence-corrected chi connectivity index (χ3v) is 5.59. The Bertz CT molecular complexity index is 696. The third kappa shape index (κ3) is 9.27. The summed E-state index contributed by atoms with van der Waals surface area (Å²) in [6.45, 7) is 6.10. The summed E-state index contributed by atoms with van der Waals surface area (Å²) in [7, 11) is 0. The van der Waals surface area contributed by atoms with E-state index in [0.717, 1.165) is 32.1 Å². The van der Waals surface area contributed by atoms with Gasteiger partial charge in [-0.2, -0.15) is 0 Å². The molecule has 166 valence electrons. The van der Waals surface area contributed by atoms with Gasteiger partial charge in [-0.25, -0.2) is 9.78 Å². The van der Waals surface area contributed by atoms with E-state index in [-0.39, 0.29) is 6.42 Å². The van der Waals surface area contributed by atoms with Crippen molar-refractivity contribution in [1.82, 2.24) is 0 Å². The van der Waals surface area contributed by atoms with E-state index in [1.807, 2.05) is 19.9 Å². The van der Waals surface area contributed by atoms with Gasteiger partial charge in [0.25, 0.3) is 0 Å². The molecule has 1 unspecified atom stereocenters. The minimum absolute atomic E-state index is 0.0225. The number of aliphatic carboxylic acids is 1. The molecule has 1 aliphatic heterocycles. The number of carboxylic acids is 1. The second-order valence-corrected chi connectivity index (χ2v) is 9.27. The summed E-state index contributed by atoms with van der Waals surface area (Å²) in [5.41, 5.74) is 0.142. The molecule has 4 nitrogen and oxygen atoms in total. The second-order valence-electron chi connectivity index (χ2n) is 9.27. The summed E-state index contributed by atoms with van der Waals surface area (Å²) in [5, 5.41) is 9.04. The van der Waals surface area contributed by atoms with E-state index in [4.69, 9.17) is 14.9 Å². The van der Waals surface area contributed by atoms with Gasteiger partial charge in [0.05, 0.1) is 6.42 Å². The van der Waals surface area contributed by atoms with Gasteiger partial charge in [-0.3, -0.25) is 4.79 Å². The van der Waals surface area contributed by atoms with Crippen molar-refractivity contribution in [2.75, 3.05) is 0 Å². The van der Waals surface area contributed by atoms with Crippen LogP contribution in [0.25, 0.3) is 6.08 Å². The van der Waals surface area contributed by atoms with Crippen molar-refractivity contribution in [3.8, 4) is 0 Å². The molecule has 1 aromatic carbocycles. The summed E-state index contributed by atoms with van der Waals surface area (Å²) in [6, 6.07) is 10.4. The zero-order valence-corrected chi connectivity index (χ0v) is 18.8. The predicted octanol–water partition coefficient (Wildman–Crippen LogP) is 6.97. The molecule has 0 saturated carbocycles. The van der Waals surface area contributed by atoms with Gasteiger partial charge in [0.15, 0.2) is 0 Å². The number of carbonyl (C=O) groups is 1. The van der Waals surface area contributed by atoms with Crippen LogP contribution in [0.15, 0.2) is 48.6 Å². The van der Waals surface area contributed by atoms with E-state index >= 15 is 0 Å². The van der Waals surface area contributed by atoms with E-state index in [0.29, 0.717) is 12.3 Å². The summed E-state index contributed by atoms with van der Waals surface area (Å²) in [6.07, 6.45) is 17.3. The summed E-state index contributed by atoms with van der Waals surface area (Å²) in [4.78, 5) is 22.0. The molecule has 1 aliphatic rings. The molecule has 1 aromatic rings. The molecule has 0 radical (unpaired) electrons. The van der Waals surface area contributed by atoms with E-state index < -0.39 is 17.2 Å². The van der Waals surface area contributed by atoms with Crippen molar-refractivity contribution in [3.63, 3.8) is 0 Å². The Hall–Kier alpha value is -1.91. The predicted molar refractivity (Wildman–Crippen MR) is 122 cm³/mol. The Morgan fingerprint density at radius 2 is 1.70 bits per heavy atom. The number of hydrogen-bond donors (Lipinski definition) is 1. The van der Waals surface area contributed by atoms with Gasteiger partial charge in [0.1, 0.15) is 11.2 Å². The molecule has 0 amide bonds. The quantitative estimate of drug-likeness (QED) is 0.215. The van der Waals surface area contributed by atoms with Crippen LogP contribution in [-0.4, -0.2) is 22.3 Å². The Labute approximate surface area is 181 Å². The Morgan fingerprint density at radius 3 is 2.43 bits per heavy atom. The van der Waals surface area contributed by atoms with E-state index in [1.165, 1.54) is 18.4 Å². The standard InChI is InChI=1S/C26H38O4/c1-22(19-25(2)21-26(3,30-29-25)20-24(27)28)15-11-8-6-4-5-7-9-12-16-23-17-13-10-14-18-23/h4-5,10,12-14,16-18,22H,6-9,11,15,19-21H2,1-3H3,(H,27,28)/b5-4+,16-12-/t22?,25-,26-/m1/s1. The number of carboxylic acid groups (broad SMARTS) is 1. The number of unbranched alkanes of at least 4 members (excludes halogenated alkanes) is 3. The summed E-state index contributed by atoms with van der Waals surface area (Å²) in [5.74, 6) is -0.323. The van der Waals surface area contributed by atoms with Crippen molar-refractivity contribution in [2.45, 2.75) is 89.8 Å². The maximum absolute atomic E-state index is 11.0. The number of benzene rings is 1. The van der Waals surface area contributed by atoms with Crippen LogP contribution in [0, 0.1) is 5.92 Å². The van der Waals surface area contributed by atoms with Crippen LogP contribution in [-0.2, 0) is 14.6 Å². The molecule has 0 spiro atoms. The van der Waals surface area contributed by atoms with Crippen LogP contribution in [0.3, 0.4) is 0 Å². The Kier molecular flexibility index (Phi) is 9.80. The lowest BCUT2D eigenvalue weighted by Crippen LogP contribution is -2.31. The molecule has 0 bridgehead atoms. The van der Waals surface area contributed by atoms with Crippen molar-refractivity contribution in [2.24, 2.45) is 5.92 Å². The highest BCUT2D eigenvalue weighted by Gasteiger charge is 2.47. The molecule has 0 aromatic heterocycles. The lowest BCUT2D eigenvalue weighted by atomic mass is 9.81. The van der Waals surface area contributed by atoms with Gasteiger partial charge in [-0.15, -0.1) is 0 Å². The minimum Gasteiger partial charge on any atom is -0.481 e. The average molecular weight is 415 g/mol. The van der Waals surface area contributed by atoms with Crippen LogP contribution < -0.4 is 0 Å². The summed E-state index contributed by atoms with van der Waals surface area (Å²) >= 11 is 0. The number of rotatable bonds is 13. The van der Waals surface area contributed by atoms with Gasteiger partial charge in [0.2, 0.25) is 0 Å². The highest BCUT2D eigenvalue weighted by atomic mass is 17.2. The lowest BCUT2D eigenvalue weighted by Gasteiger charge is -2.25. The van der Waals surface area contributed by atoms with Gasteiger partial charge in [-0.1, -0.05) is 74.4 Å². The first-order chi connectivity index (χ1) is 14.3. The Morgan fingerprint density at radius 1 is 1.03 bits per heavy atom. The first kappa shape index (κ1) is 24.4. The fourth-order valence-corrected chi connectivity index (χ4v) is 4.38. The maximum atomic E-state index is 11.0. The fraction of sp³-hybridized carbons (Fsp3) is 0.577. The molecule has 0 aliphatic carbocycles. The van der Waals surface area contributed by atoms with Crippen LogP contribution in [0.4, 0.5) is 0 Å². The molecule has 4 heteroatoms. The van der Waals surface area contributed by atoms with E-state index in [2.05, 4.69) is 55.5 Å². The summed E-state index contributed by atoms with van der Waals surface area (Å²) < 4.78 is 0. The Balaban J connectivity index is 1.53. The van der Waals surface area contributed by atoms with Gasteiger partial charge in [-0.05, 0) is 57.4 Å². The molecule has 1 saturated heterocycles. The monoisotopic (exact) mass is 414 g/mol. The number of hydrogen-bond acceptors (Lipinski definition) is 3. The topological polar surface area (TPSA) is 55.8 Å². The van der Waals surface area contributed by atoms with E-state index in [1.54, 1.807) is 0 Å². The van der Waals surface area contributed by atoms with Crippen LogP contribution in [0.2, 0.25) is 0 Å². The molecular formula is C26H38O4. The van der Waals surface area contributed by atoms with Crippen LogP contribution in [0.5, 0.6) is 0 Å². The average Bonchev–Trinajstić information content (AvgIpc) is 2.97. The SMILES string of the molecule is CC(CCCC/C=C/CC/C=C\c1ccccc1)C[C@]1(C)C[C@@](C)(CC(=O)O)OO1. The molecule has 3 atom stereocenters. The first-order valence-corrected chi connectivity index (χ1v) is 11.3. The zero-order valence-electron chi connectivity index (χ0n) is 18.8. The minimum atomic E-state index is -0.848. The van der Waals surface area contributed by atoms with Crippen LogP contribution in [0.1, 0.15) is 84.1 Å². The normalized spacial score (nSPS) is 25.3. The smallest absolute Gasteiger partial charge is 0.306 e. The van der Waals surface area contributed by atoms with Crippen molar-refractivity contribution in [3.05, 3.63) is 54.1 Å². The lowest BCUT2D eigenvalue weighted by molar-refractivity contribution is -0.346. The van der Waals surface area contributed by atoms with Crippen molar-refractivity contribution >= 4 is 12.0 Å². The zero-order chi connectivity index (χ0) is 21.9. The van der Waals surface area contributed by atoms with Gasteiger partial charge < -0.3 is 5.11 Å². The first-order valence-electron chi connectivity index (χ1n) is 11.3. The maximum Gasteiger partial charge on any atom is 0.306 e. The fourth-order valence-electron chi connectivity index (χ4n) is 4.38. The second kappa shape index (κ2) is 12.1. The molecule has 1 fully saturated rings. The third-order valence-electron chi connectivity index (χ3n) is 5.59. The molecule has 1 heterocycles. The van der Waals surface area contributed by atoms with Crippen molar-refractivity contribution in [1.29, 1.82) is 0 Å². The molecular weight excluding hydrogens is 376 g/mol. The highest BCUT2D eigenvalue weighted by molar-refractivity contribution is 5.68. The van der Waals surface area contributed by atoms with Crippen molar-refractivity contribution < 1.29 is 19.7 Å².